The van der Waals surface area contributed by atoms with Crippen LogP contribution in [0.25, 0.3) is 0 Å². The summed E-state index contributed by atoms with van der Waals surface area (Å²) in [6.07, 6.45) is 3.56. The van der Waals surface area contributed by atoms with Crippen LogP contribution in [0.1, 0.15) is 18.6 Å². The van der Waals surface area contributed by atoms with E-state index in [2.05, 4.69) is 5.32 Å². The molecule has 29 heavy (non-hydrogen) atoms. The van der Waals surface area contributed by atoms with Crippen molar-refractivity contribution in [1.82, 2.24) is 9.21 Å². The van der Waals surface area contributed by atoms with Crippen LogP contribution in [0.3, 0.4) is 0 Å². The molecule has 8 nitrogen and oxygen atoms in total. The molecular weight excluding hydrogens is 394 g/mol. The number of anilines is 1. The van der Waals surface area contributed by atoms with Gasteiger partial charge in [-0.2, -0.15) is 0 Å². The minimum atomic E-state index is -3.26. The number of hydrogen-bond acceptors (Lipinski definition) is 5. The summed E-state index contributed by atoms with van der Waals surface area (Å²) < 4.78 is 30.1. The molecule has 0 radical (unpaired) electrons. The average molecular weight is 420 g/mol. The van der Waals surface area contributed by atoms with Gasteiger partial charge in [0.25, 0.3) is 0 Å². The molecule has 2 aromatic rings. The Labute approximate surface area is 170 Å². The van der Waals surface area contributed by atoms with E-state index < -0.39 is 10.0 Å². The van der Waals surface area contributed by atoms with Crippen LogP contribution in [-0.4, -0.2) is 55.3 Å². The third-order valence-electron chi connectivity index (χ3n) is 4.90. The van der Waals surface area contributed by atoms with Crippen molar-refractivity contribution in [2.75, 3.05) is 31.2 Å². The third-order valence-corrected chi connectivity index (χ3v) is 6.21. The van der Waals surface area contributed by atoms with Gasteiger partial charge in [-0.15, -0.1) is 0 Å². The lowest BCUT2D eigenvalue weighted by molar-refractivity contribution is -0.140. The predicted octanol–water partition coefficient (Wildman–Crippen LogP) is 1.92. The first-order valence-corrected chi connectivity index (χ1v) is 11.3. The van der Waals surface area contributed by atoms with Crippen LogP contribution in [-0.2, 0) is 26.2 Å². The quantitative estimate of drug-likeness (QED) is 0.739. The smallest absolute Gasteiger partial charge is 0.244 e. The fourth-order valence-electron chi connectivity index (χ4n) is 3.39. The van der Waals surface area contributed by atoms with Crippen LogP contribution in [0, 0.1) is 5.92 Å². The summed E-state index contributed by atoms with van der Waals surface area (Å²) in [5.74, 6) is -0.214. The number of rotatable bonds is 7. The topological polar surface area (TPSA) is 99.9 Å². The Balaban J connectivity index is 1.66. The number of nitrogens with one attached hydrogen (secondary N) is 1. The van der Waals surface area contributed by atoms with Gasteiger partial charge in [-0.1, -0.05) is 18.2 Å². The highest BCUT2D eigenvalue weighted by Crippen LogP contribution is 2.22. The molecule has 2 amide bonds. The molecule has 0 spiro atoms. The van der Waals surface area contributed by atoms with Gasteiger partial charge in [0.2, 0.25) is 21.8 Å². The minimum absolute atomic E-state index is 0.110. The van der Waals surface area contributed by atoms with Crippen LogP contribution >= 0.6 is 0 Å². The van der Waals surface area contributed by atoms with Crippen LogP contribution < -0.4 is 5.32 Å². The average Bonchev–Trinajstić information content (AvgIpc) is 3.20. The molecule has 0 unspecified atom stereocenters. The number of hydrogen-bond donors (Lipinski definition) is 1. The van der Waals surface area contributed by atoms with Gasteiger partial charge in [0, 0.05) is 24.7 Å². The third kappa shape index (κ3) is 5.91. The van der Waals surface area contributed by atoms with Crippen molar-refractivity contribution < 1.29 is 22.4 Å². The lowest BCUT2D eigenvalue weighted by atomic mass is 9.96. The highest BCUT2D eigenvalue weighted by molar-refractivity contribution is 7.88. The zero-order chi connectivity index (χ0) is 20.9. The first kappa shape index (κ1) is 21.1. The summed E-state index contributed by atoms with van der Waals surface area (Å²) in [5.41, 5.74) is 0.657. The van der Waals surface area contributed by atoms with Crippen molar-refractivity contribution in [2.24, 2.45) is 5.92 Å². The first-order chi connectivity index (χ1) is 13.8. The molecule has 1 N–H and O–H groups in total. The number of carbonyl (C=O) groups is 2. The first-order valence-electron chi connectivity index (χ1n) is 9.44. The van der Waals surface area contributed by atoms with E-state index in [9.17, 15) is 18.0 Å². The molecule has 0 aliphatic carbocycles. The van der Waals surface area contributed by atoms with Gasteiger partial charge >= 0.3 is 0 Å². The number of furan rings is 1. The fraction of sp³-hybridized carbons (Fsp3) is 0.400. The Kier molecular flexibility index (Phi) is 6.71. The van der Waals surface area contributed by atoms with E-state index >= 15 is 0 Å². The van der Waals surface area contributed by atoms with Gasteiger partial charge in [0.05, 0.1) is 19.1 Å². The number of nitrogens with zero attached hydrogens (tertiary/aromatic N) is 2. The second-order valence-corrected chi connectivity index (χ2v) is 9.11. The van der Waals surface area contributed by atoms with Gasteiger partial charge < -0.3 is 14.6 Å². The molecule has 0 bridgehead atoms. The van der Waals surface area contributed by atoms with Crippen LogP contribution in [0.5, 0.6) is 0 Å². The Bertz CT molecular complexity index is 920. The molecule has 1 aromatic heterocycles. The lowest BCUT2D eigenvalue weighted by Gasteiger charge is -2.32. The van der Waals surface area contributed by atoms with Crippen molar-refractivity contribution in [3.8, 4) is 0 Å². The molecule has 156 valence electrons. The van der Waals surface area contributed by atoms with E-state index in [-0.39, 0.29) is 30.8 Å². The summed E-state index contributed by atoms with van der Waals surface area (Å²) >= 11 is 0. The highest BCUT2D eigenvalue weighted by atomic mass is 32.2. The summed E-state index contributed by atoms with van der Waals surface area (Å²) in [6, 6.07) is 12.5. The van der Waals surface area contributed by atoms with Crippen LogP contribution in [0.2, 0.25) is 0 Å². The Hall–Kier alpha value is -2.65. The number of para-hydroxylation sites is 1. The number of sulfonamides is 1. The molecule has 1 aliphatic rings. The monoisotopic (exact) mass is 419 g/mol. The number of amides is 2. The Morgan fingerprint density at radius 3 is 2.41 bits per heavy atom. The largest absolute Gasteiger partial charge is 0.467 e. The van der Waals surface area contributed by atoms with Gasteiger partial charge in [-0.05, 0) is 37.1 Å². The second-order valence-electron chi connectivity index (χ2n) is 7.12. The maximum absolute atomic E-state index is 13.1. The van der Waals surface area contributed by atoms with Gasteiger partial charge in [0.15, 0.2) is 0 Å². The maximum Gasteiger partial charge on any atom is 0.244 e. The zero-order valence-electron chi connectivity index (χ0n) is 16.3. The van der Waals surface area contributed by atoms with E-state index in [1.807, 2.05) is 18.2 Å². The summed E-state index contributed by atoms with van der Waals surface area (Å²) in [4.78, 5) is 27.1. The van der Waals surface area contributed by atoms with Gasteiger partial charge in [-0.25, -0.2) is 12.7 Å². The standard InChI is InChI=1S/C20H25N3O5S/c1-29(26,27)23-11-9-16(10-12-23)20(25)22(14-18-8-5-13-28-18)15-19(24)21-17-6-3-2-4-7-17/h2-8,13,16H,9-12,14-15H2,1H3,(H,21,24). The molecule has 2 heterocycles. The second kappa shape index (κ2) is 9.23. The Morgan fingerprint density at radius 2 is 1.83 bits per heavy atom. The summed E-state index contributed by atoms with van der Waals surface area (Å²) in [5, 5.41) is 2.79. The molecule has 3 rings (SSSR count). The van der Waals surface area contributed by atoms with Crippen molar-refractivity contribution >= 4 is 27.5 Å². The molecule has 0 atom stereocenters. The van der Waals surface area contributed by atoms with E-state index in [1.54, 1.807) is 24.3 Å². The fourth-order valence-corrected chi connectivity index (χ4v) is 4.26. The maximum atomic E-state index is 13.1. The van der Waals surface area contributed by atoms with E-state index in [0.717, 1.165) is 0 Å². The van der Waals surface area contributed by atoms with E-state index in [4.69, 9.17) is 4.42 Å². The molecule has 1 aliphatic heterocycles. The molecule has 9 heteroatoms. The van der Waals surface area contributed by atoms with Gasteiger partial charge in [0.1, 0.15) is 12.3 Å². The van der Waals surface area contributed by atoms with Gasteiger partial charge in [-0.3, -0.25) is 9.59 Å². The number of piperidine rings is 1. The minimum Gasteiger partial charge on any atom is -0.467 e. The molecule has 1 aromatic carbocycles. The van der Waals surface area contributed by atoms with Crippen molar-refractivity contribution in [2.45, 2.75) is 19.4 Å². The normalized spacial score (nSPS) is 15.8. The molecule has 1 saturated heterocycles. The molecule has 1 fully saturated rings. The van der Waals surface area contributed by atoms with Crippen LogP contribution in [0.15, 0.2) is 53.1 Å². The predicted molar refractivity (Wildman–Crippen MR) is 108 cm³/mol. The van der Waals surface area contributed by atoms with Crippen molar-refractivity contribution in [3.63, 3.8) is 0 Å². The summed E-state index contributed by atoms with van der Waals surface area (Å²) in [6.45, 7) is 0.682. The number of carbonyl (C=O) groups excluding carboxylic acids is 2. The van der Waals surface area contributed by atoms with Crippen LogP contribution in [0.4, 0.5) is 5.69 Å². The SMILES string of the molecule is CS(=O)(=O)N1CCC(C(=O)N(CC(=O)Nc2ccccc2)Cc2ccco2)CC1. The Morgan fingerprint density at radius 1 is 1.14 bits per heavy atom. The molecule has 0 saturated carbocycles. The molecular formula is C20H25N3O5S. The van der Waals surface area contributed by atoms with Crippen molar-refractivity contribution in [1.29, 1.82) is 0 Å². The number of benzene rings is 1. The van der Waals surface area contributed by atoms with E-state index in [0.29, 0.717) is 37.4 Å². The van der Waals surface area contributed by atoms with E-state index in [1.165, 1.54) is 21.7 Å². The summed E-state index contributed by atoms with van der Waals surface area (Å²) in [7, 11) is -3.26. The highest BCUT2D eigenvalue weighted by Gasteiger charge is 2.32. The zero-order valence-corrected chi connectivity index (χ0v) is 17.1. The van der Waals surface area contributed by atoms with Crippen molar-refractivity contribution in [3.05, 3.63) is 54.5 Å². The lowest BCUT2D eigenvalue weighted by Crippen LogP contribution is -2.45.